The monoisotopic (exact) mass is 290 g/mol. The molecule has 0 radical (unpaired) electrons. The lowest BCUT2D eigenvalue weighted by molar-refractivity contribution is -0.128. The summed E-state index contributed by atoms with van der Waals surface area (Å²) >= 11 is 1.50. The summed E-state index contributed by atoms with van der Waals surface area (Å²) in [4.78, 5) is 25.3. The molecule has 0 saturated carbocycles. The topological polar surface area (TPSA) is 54.4 Å². The Balaban J connectivity index is 2.21. The fraction of sp³-hybridized carbons (Fsp3) is 0.0714. The van der Waals surface area contributed by atoms with Crippen molar-refractivity contribution in [1.29, 1.82) is 0 Å². The van der Waals surface area contributed by atoms with Gasteiger partial charge in [0.1, 0.15) is 5.25 Å². The van der Waals surface area contributed by atoms with E-state index in [0.29, 0.717) is 5.56 Å². The summed E-state index contributed by atoms with van der Waals surface area (Å²) in [6, 6.07) is 11.1. The molecule has 2 aromatic rings. The van der Waals surface area contributed by atoms with E-state index in [1.807, 2.05) is 35.7 Å². The summed E-state index contributed by atoms with van der Waals surface area (Å²) < 4.78 is 0. The van der Waals surface area contributed by atoms with Crippen molar-refractivity contribution in [1.82, 2.24) is 0 Å². The summed E-state index contributed by atoms with van der Waals surface area (Å²) in [5.41, 5.74) is 0.654. The normalized spacial score (nSPS) is 21.6. The predicted octanol–water partition coefficient (Wildman–Crippen LogP) is 3.20. The van der Waals surface area contributed by atoms with Gasteiger partial charge in [0.2, 0.25) is 0 Å². The van der Waals surface area contributed by atoms with E-state index in [1.165, 1.54) is 16.7 Å². The molecule has 5 heteroatoms. The Morgan fingerprint density at radius 3 is 2.74 bits per heavy atom. The highest BCUT2D eigenvalue weighted by atomic mass is 32.2. The molecular weight excluding hydrogens is 280 g/mol. The fourth-order valence-corrected chi connectivity index (χ4v) is 5.45. The molecule has 0 bridgehead atoms. The molecule has 1 aliphatic rings. The third-order valence-corrected chi connectivity index (χ3v) is 6.31. The van der Waals surface area contributed by atoms with E-state index in [4.69, 9.17) is 5.11 Å². The maximum atomic E-state index is 12.5. The minimum Gasteiger partial charge on any atom is -0.478 e. The van der Waals surface area contributed by atoms with Crippen LogP contribution in [0.4, 0.5) is 0 Å². The molecule has 0 saturated heterocycles. The van der Waals surface area contributed by atoms with Gasteiger partial charge in [0.25, 0.3) is 0 Å². The van der Waals surface area contributed by atoms with Gasteiger partial charge in [-0.2, -0.15) is 0 Å². The Kier molecular flexibility index (Phi) is 3.08. The molecule has 1 aliphatic heterocycles. The van der Waals surface area contributed by atoms with Crippen molar-refractivity contribution in [3.63, 3.8) is 0 Å². The zero-order chi connectivity index (χ0) is 13.4. The molecule has 3 nitrogen and oxygen atoms in total. The molecule has 3 rings (SSSR count). The highest BCUT2D eigenvalue weighted by Crippen LogP contribution is 2.52. The molecule has 0 amide bonds. The maximum Gasteiger partial charge on any atom is 0.334 e. The van der Waals surface area contributed by atoms with Gasteiger partial charge < -0.3 is 5.11 Å². The van der Waals surface area contributed by atoms with Crippen LogP contribution in [0.3, 0.4) is 0 Å². The standard InChI is InChI=1S/C14H10O3S2/c15-12(16)8-19-11-6-2-1-4-9(11)13(17)14(19)10-5-3-7-18-10/h1-8,14H,(H,15,16). The van der Waals surface area contributed by atoms with Crippen molar-refractivity contribution < 1.29 is 14.7 Å². The van der Waals surface area contributed by atoms with Crippen LogP contribution in [0.2, 0.25) is 0 Å². The van der Waals surface area contributed by atoms with Crippen LogP contribution in [-0.2, 0) is 4.79 Å². The molecule has 19 heavy (non-hydrogen) atoms. The van der Waals surface area contributed by atoms with Gasteiger partial charge in [-0.15, -0.1) is 21.8 Å². The maximum absolute atomic E-state index is 12.5. The third-order valence-electron chi connectivity index (χ3n) is 2.93. The van der Waals surface area contributed by atoms with Crippen molar-refractivity contribution in [2.75, 3.05) is 0 Å². The molecule has 0 aliphatic carbocycles. The van der Waals surface area contributed by atoms with Crippen LogP contribution in [0.25, 0.3) is 0 Å². The van der Waals surface area contributed by atoms with E-state index in [-0.39, 0.29) is 11.0 Å². The number of carboxylic acids is 1. The number of hydrogen-bond acceptors (Lipinski definition) is 3. The lowest BCUT2D eigenvalue weighted by Gasteiger charge is -2.09. The van der Waals surface area contributed by atoms with E-state index in [0.717, 1.165) is 9.77 Å². The summed E-state index contributed by atoms with van der Waals surface area (Å²) in [5.74, 6) is -0.951. The predicted molar refractivity (Wildman–Crippen MR) is 77.4 cm³/mol. The average molecular weight is 290 g/mol. The second kappa shape index (κ2) is 4.75. The summed E-state index contributed by atoms with van der Waals surface area (Å²) in [6.07, 6.45) is 0. The minimum atomic E-state index is -0.977. The summed E-state index contributed by atoms with van der Waals surface area (Å²) in [7, 11) is -0.693. The Morgan fingerprint density at radius 1 is 1.26 bits per heavy atom. The van der Waals surface area contributed by atoms with E-state index in [9.17, 15) is 9.59 Å². The molecule has 96 valence electrons. The second-order valence-electron chi connectivity index (χ2n) is 4.08. The number of hydrogen-bond donors (Lipinski definition) is 1. The molecule has 2 atom stereocenters. The molecule has 1 N–H and O–H groups in total. The van der Waals surface area contributed by atoms with Crippen LogP contribution in [0.1, 0.15) is 20.5 Å². The number of aliphatic carboxylic acids is 1. The van der Waals surface area contributed by atoms with Crippen molar-refractivity contribution in [3.05, 3.63) is 52.2 Å². The molecule has 0 spiro atoms. The Hall–Kier alpha value is -1.72. The number of fused-ring (bicyclic) bond motifs is 1. The van der Waals surface area contributed by atoms with Crippen LogP contribution in [-0.4, -0.2) is 22.2 Å². The van der Waals surface area contributed by atoms with Crippen LogP contribution >= 0.6 is 21.8 Å². The third kappa shape index (κ3) is 2.05. The molecule has 0 fully saturated rings. The van der Waals surface area contributed by atoms with Gasteiger partial charge in [0.05, 0.1) is 5.37 Å². The quantitative estimate of drug-likeness (QED) is 0.864. The van der Waals surface area contributed by atoms with Gasteiger partial charge in [0, 0.05) is 15.3 Å². The van der Waals surface area contributed by atoms with Crippen LogP contribution in [0.5, 0.6) is 0 Å². The number of Topliss-reactive ketones (excluding diaryl/α,β-unsaturated/α-hetero) is 1. The van der Waals surface area contributed by atoms with Crippen LogP contribution < -0.4 is 0 Å². The van der Waals surface area contributed by atoms with Crippen molar-refractivity contribution in [2.45, 2.75) is 10.1 Å². The van der Waals surface area contributed by atoms with Gasteiger partial charge in [-0.1, -0.05) is 24.3 Å². The molecule has 1 aromatic heterocycles. The first kappa shape index (κ1) is 12.3. The number of rotatable bonds is 2. The lowest BCUT2D eigenvalue weighted by atomic mass is 10.1. The van der Waals surface area contributed by atoms with Gasteiger partial charge in [-0.25, -0.2) is 4.79 Å². The Labute approximate surface area is 116 Å². The SMILES string of the molecule is O=C(O)C=S1c2ccccc2C(=O)C1c1cccs1. The van der Waals surface area contributed by atoms with Gasteiger partial charge in [-0.3, -0.25) is 4.79 Å². The first-order valence-electron chi connectivity index (χ1n) is 5.65. The first-order chi connectivity index (χ1) is 9.18. The van der Waals surface area contributed by atoms with Crippen molar-refractivity contribution in [2.24, 2.45) is 0 Å². The number of ketones is 1. The van der Waals surface area contributed by atoms with Crippen LogP contribution in [0, 0.1) is 0 Å². The van der Waals surface area contributed by atoms with Crippen molar-refractivity contribution >= 4 is 38.9 Å². The molecule has 1 aromatic carbocycles. The van der Waals surface area contributed by atoms with Gasteiger partial charge >= 0.3 is 5.97 Å². The van der Waals surface area contributed by atoms with Crippen molar-refractivity contribution in [3.8, 4) is 0 Å². The lowest BCUT2D eigenvalue weighted by Crippen LogP contribution is -2.04. The highest BCUT2D eigenvalue weighted by molar-refractivity contribution is 8.17. The van der Waals surface area contributed by atoms with Crippen LogP contribution in [0.15, 0.2) is 46.7 Å². The highest BCUT2D eigenvalue weighted by Gasteiger charge is 2.36. The Bertz CT molecular complexity index is 686. The zero-order valence-corrected chi connectivity index (χ0v) is 11.4. The average Bonchev–Trinajstić information content (AvgIpc) is 2.98. The number of carboxylic acid groups (broad SMARTS) is 1. The number of carbonyl (C=O) groups excluding carboxylic acids is 1. The zero-order valence-electron chi connectivity index (χ0n) is 9.78. The molecular formula is C14H10O3S2. The number of benzene rings is 1. The van der Waals surface area contributed by atoms with Gasteiger partial charge in [-0.05, 0) is 17.5 Å². The largest absolute Gasteiger partial charge is 0.478 e. The van der Waals surface area contributed by atoms with E-state index < -0.39 is 16.5 Å². The fourth-order valence-electron chi connectivity index (χ4n) is 2.19. The molecule has 2 unspecified atom stereocenters. The number of thiophene rings is 1. The minimum absolute atomic E-state index is 0.0267. The summed E-state index contributed by atoms with van der Waals surface area (Å²) in [5, 5.41) is 11.8. The van der Waals surface area contributed by atoms with E-state index in [2.05, 4.69) is 0 Å². The van der Waals surface area contributed by atoms with Gasteiger partial charge in [0.15, 0.2) is 5.78 Å². The smallest absolute Gasteiger partial charge is 0.334 e. The summed E-state index contributed by atoms with van der Waals surface area (Å²) in [6.45, 7) is 0. The Morgan fingerprint density at radius 2 is 2.05 bits per heavy atom. The van der Waals surface area contributed by atoms with E-state index in [1.54, 1.807) is 6.07 Å². The molecule has 2 heterocycles. The first-order valence-corrected chi connectivity index (χ1v) is 7.88. The second-order valence-corrected chi connectivity index (χ2v) is 6.95. The van der Waals surface area contributed by atoms with E-state index >= 15 is 0 Å². The number of carbonyl (C=O) groups is 2.